The number of ether oxygens (including phenoxy) is 1. The molecule has 2 aromatic heterocycles. The summed E-state index contributed by atoms with van der Waals surface area (Å²) in [5.41, 5.74) is 10.7. The van der Waals surface area contributed by atoms with E-state index in [1.807, 2.05) is 35.8 Å². The van der Waals surface area contributed by atoms with Gasteiger partial charge in [0.05, 0.1) is 30.3 Å². The molecule has 0 fully saturated rings. The monoisotopic (exact) mass is 402 g/mol. The van der Waals surface area contributed by atoms with Crippen molar-refractivity contribution in [3.63, 3.8) is 0 Å². The molecule has 152 valence electrons. The zero-order chi connectivity index (χ0) is 21.7. The Labute approximate surface area is 174 Å². The van der Waals surface area contributed by atoms with Gasteiger partial charge in [-0.15, -0.1) is 0 Å². The van der Waals surface area contributed by atoms with Crippen LogP contribution in [0.25, 0.3) is 28.2 Å². The summed E-state index contributed by atoms with van der Waals surface area (Å²) in [6.45, 7) is 6.44. The highest BCUT2D eigenvalue weighted by Crippen LogP contribution is 2.38. The molecule has 0 aliphatic carbocycles. The number of aryl methyl sites for hydroxylation is 2. The predicted molar refractivity (Wildman–Crippen MR) is 117 cm³/mol. The first kappa shape index (κ1) is 20.7. The highest BCUT2D eigenvalue weighted by atomic mass is 16.5. The quantitative estimate of drug-likeness (QED) is 0.198. The molecule has 8 nitrogen and oxygen atoms in total. The minimum absolute atomic E-state index is 0.166. The third-order valence-electron chi connectivity index (χ3n) is 4.83. The molecule has 2 heterocycles. The maximum Gasteiger partial charge on any atom is 0.146 e. The van der Waals surface area contributed by atoms with E-state index in [-0.39, 0.29) is 17.9 Å². The molecular weight excluding hydrogens is 380 g/mol. The minimum Gasteiger partial charge on any atom is -0.496 e. The number of nitroso groups, excluding NO2 is 1. The van der Waals surface area contributed by atoms with Crippen molar-refractivity contribution < 1.29 is 4.74 Å². The number of allylic oxidation sites excluding steroid dienone is 1. The lowest BCUT2D eigenvalue weighted by molar-refractivity contribution is 0.305. The first-order valence-electron chi connectivity index (χ1n) is 9.35. The van der Waals surface area contributed by atoms with E-state index >= 15 is 0 Å². The van der Waals surface area contributed by atoms with Gasteiger partial charge in [-0.05, 0) is 25.0 Å². The molecule has 0 saturated carbocycles. The van der Waals surface area contributed by atoms with Gasteiger partial charge in [0.25, 0.3) is 0 Å². The van der Waals surface area contributed by atoms with E-state index < -0.39 is 0 Å². The van der Waals surface area contributed by atoms with Crippen LogP contribution in [-0.2, 0) is 11.3 Å². The third kappa shape index (κ3) is 3.91. The molecule has 0 unspecified atom stereocenters. The molecule has 0 aliphatic heterocycles. The van der Waals surface area contributed by atoms with E-state index in [4.69, 9.17) is 10.5 Å². The smallest absolute Gasteiger partial charge is 0.146 e. The molecule has 0 bridgehead atoms. The molecular formula is C22H22N6O2. The van der Waals surface area contributed by atoms with Crippen molar-refractivity contribution in [1.29, 1.82) is 5.26 Å². The van der Waals surface area contributed by atoms with Crippen molar-refractivity contribution in [3.8, 4) is 17.2 Å². The lowest BCUT2D eigenvalue weighted by atomic mass is 10.00. The first-order valence-corrected chi connectivity index (χ1v) is 9.35. The Balaban J connectivity index is 2.39. The van der Waals surface area contributed by atoms with Crippen LogP contribution in [0.1, 0.15) is 17.7 Å². The van der Waals surface area contributed by atoms with Gasteiger partial charge in [0.15, 0.2) is 0 Å². The first-order chi connectivity index (χ1) is 14.5. The fourth-order valence-electron chi connectivity index (χ4n) is 3.32. The normalized spacial score (nSPS) is 11.3. The number of anilines is 1. The number of hydrogen-bond acceptors (Lipinski definition) is 7. The number of aromatic nitrogens is 3. The van der Waals surface area contributed by atoms with Crippen molar-refractivity contribution in [2.75, 3.05) is 19.4 Å². The second kappa shape index (κ2) is 9.01. The van der Waals surface area contributed by atoms with E-state index in [2.05, 4.69) is 27.8 Å². The van der Waals surface area contributed by atoms with Gasteiger partial charge in [-0.1, -0.05) is 41.6 Å². The standard InChI is InChI=1S/C22H22N6O2/c1-14-5-7-16(8-6-14)19-18(11-17(12-23)15(2)30-3)28(10-4-9-27-29)22-20(19)21(24)25-13-26-22/h5-8,11,13H,2,4,9-10H2,1,3H3,(H2,24,25,26)/b17-11+. The van der Waals surface area contributed by atoms with Crippen LogP contribution < -0.4 is 5.73 Å². The number of hydrogen-bond donors (Lipinski definition) is 1. The van der Waals surface area contributed by atoms with E-state index in [9.17, 15) is 10.2 Å². The average Bonchev–Trinajstić information content (AvgIpc) is 3.06. The number of nitrogens with two attached hydrogens (primary N) is 1. The van der Waals surface area contributed by atoms with Gasteiger partial charge in [0, 0.05) is 12.1 Å². The number of benzene rings is 1. The van der Waals surface area contributed by atoms with E-state index in [0.717, 1.165) is 16.7 Å². The Morgan fingerprint density at radius 1 is 1.37 bits per heavy atom. The summed E-state index contributed by atoms with van der Waals surface area (Å²) in [5, 5.41) is 13.3. The Bertz CT molecular complexity index is 1170. The fourth-order valence-corrected chi connectivity index (χ4v) is 3.32. The molecule has 8 heteroatoms. The largest absolute Gasteiger partial charge is 0.496 e. The SMILES string of the molecule is C=C(OC)/C(C#N)=C/c1c(-c2ccc(C)cc2)c2c(N)ncnc2n1CCCN=O. The summed E-state index contributed by atoms with van der Waals surface area (Å²) < 4.78 is 7.09. The molecule has 3 rings (SSSR count). The molecule has 3 aromatic rings. The molecule has 2 N–H and O–H groups in total. The summed E-state index contributed by atoms with van der Waals surface area (Å²) in [6.07, 6.45) is 3.62. The highest BCUT2D eigenvalue weighted by molar-refractivity contribution is 6.05. The van der Waals surface area contributed by atoms with E-state index in [0.29, 0.717) is 35.5 Å². The Morgan fingerprint density at radius 3 is 2.73 bits per heavy atom. The van der Waals surface area contributed by atoms with Crippen molar-refractivity contribution >= 4 is 22.9 Å². The zero-order valence-corrected chi connectivity index (χ0v) is 16.9. The van der Waals surface area contributed by atoms with Gasteiger partial charge in [0.2, 0.25) is 0 Å². The van der Waals surface area contributed by atoms with E-state index in [1.165, 1.54) is 13.4 Å². The summed E-state index contributed by atoms with van der Waals surface area (Å²) in [5.74, 6) is 0.583. The molecule has 0 spiro atoms. The molecule has 0 aliphatic rings. The van der Waals surface area contributed by atoms with Crippen molar-refractivity contribution in [3.05, 3.63) is 64.7 Å². The fraction of sp³-hybridized carbons (Fsp3) is 0.227. The van der Waals surface area contributed by atoms with Gasteiger partial charge < -0.3 is 15.0 Å². The van der Waals surface area contributed by atoms with Crippen LogP contribution in [0.2, 0.25) is 0 Å². The summed E-state index contributed by atoms with van der Waals surface area (Å²) in [7, 11) is 1.46. The van der Waals surface area contributed by atoms with Crippen LogP contribution in [0.4, 0.5) is 5.82 Å². The summed E-state index contributed by atoms with van der Waals surface area (Å²) in [4.78, 5) is 19.2. The Kier molecular flexibility index (Phi) is 6.23. The van der Waals surface area contributed by atoms with Crippen LogP contribution in [0, 0.1) is 23.2 Å². The Hall–Kier alpha value is -3.99. The van der Waals surface area contributed by atoms with Crippen LogP contribution in [0.15, 0.2) is 53.7 Å². The lowest BCUT2D eigenvalue weighted by Gasteiger charge is -2.10. The van der Waals surface area contributed by atoms with Gasteiger partial charge in [-0.25, -0.2) is 9.97 Å². The molecule has 1 aromatic carbocycles. The number of nitrogen functional groups attached to an aromatic ring is 1. The third-order valence-corrected chi connectivity index (χ3v) is 4.83. The van der Waals surface area contributed by atoms with Gasteiger partial charge in [0.1, 0.15) is 29.6 Å². The average molecular weight is 402 g/mol. The van der Waals surface area contributed by atoms with Crippen molar-refractivity contribution in [2.45, 2.75) is 19.9 Å². The Morgan fingerprint density at radius 2 is 2.10 bits per heavy atom. The summed E-state index contributed by atoms with van der Waals surface area (Å²) >= 11 is 0. The number of nitriles is 1. The predicted octanol–water partition coefficient (Wildman–Crippen LogP) is 4.21. The topological polar surface area (TPSA) is 119 Å². The second-order valence-corrected chi connectivity index (χ2v) is 6.74. The van der Waals surface area contributed by atoms with Gasteiger partial charge >= 0.3 is 0 Å². The maximum absolute atomic E-state index is 10.6. The van der Waals surface area contributed by atoms with Crippen LogP contribution in [-0.4, -0.2) is 28.2 Å². The van der Waals surface area contributed by atoms with Gasteiger partial charge in [-0.2, -0.15) is 10.2 Å². The molecule has 0 atom stereocenters. The van der Waals surface area contributed by atoms with Crippen LogP contribution in [0.3, 0.4) is 0 Å². The second-order valence-electron chi connectivity index (χ2n) is 6.74. The zero-order valence-electron chi connectivity index (χ0n) is 16.9. The maximum atomic E-state index is 10.6. The minimum atomic E-state index is 0.166. The number of rotatable bonds is 8. The van der Waals surface area contributed by atoms with Crippen molar-refractivity contribution in [1.82, 2.24) is 14.5 Å². The highest BCUT2D eigenvalue weighted by Gasteiger charge is 2.22. The van der Waals surface area contributed by atoms with Crippen LogP contribution in [0.5, 0.6) is 0 Å². The van der Waals surface area contributed by atoms with Crippen LogP contribution >= 0.6 is 0 Å². The van der Waals surface area contributed by atoms with E-state index in [1.54, 1.807) is 6.08 Å². The number of nitrogens with zero attached hydrogens (tertiary/aromatic N) is 5. The number of methoxy groups -OCH3 is 1. The molecule has 30 heavy (non-hydrogen) atoms. The van der Waals surface area contributed by atoms with Gasteiger partial charge in [-0.3, -0.25) is 0 Å². The molecule has 0 amide bonds. The summed E-state index contributed by atoms with van der Waals surface area (Å²) in [6, 6.07) is 10.1. The van der Waals surface area contributed by atoms with Crippen molar-refractivity contribution in [2.24, 2.45) is 5.18 Å². The molecule has 0 radical (unpaired) electrons. The molecule has 0 saturated heterocycles. The number of fused-ring (bicyclic) bond motifs is 1. The lowest BCUT2D eigenvalue weighted by Crippen LogP contribution is -2.04.